The van der Waals surface area contributed by atoms with Gasteiger partial charge >= 0.3 is 107 Å². The predicted molar refractivity (Wildman–Crippen MR) is 234 cm³/mol. The second-order valence-corrected chi connectivity index (χ2v) is 19.7. The molecule has 0 spiro atoms. The summed E-state index contributed by atoms with van der Waals surface area (Å²) >= 11 is 0. The van der Waals surface area contributed by atoms with E-state index < -0.39 is 50.4 Å². The Balaban J connectivity index is -0.0000000494. The molecule has 396 valence electrons. The van der Waals surface area contributed by atoms with Crippen molar-refractivity contribution in [3.63, 3.8) is 0 Å². The van der Waals surface area contributed by atoms with E-state index in [1.165, 1.54) is 64.0 Å². The summed E-state index contributed by atoms with van der Waals surface area (Å²) in [6.45, 7) is 31.2. The fourth-order valence-corrected chi connectivity index (χ4v) is 3.13. The van der Waals surface area contributed by atoms with Crippen LogP contribution in [0.3, 0.4) is 0 Å². The zero-order valence-corrected chi connectivity index (χ0v) is 57.8. The molecule has 0 aliphatic rings. The first-order chi connectivity index (χ1) is 27.5. The van der Waals surface area contributed by atoms with Crippen molar-refractivity contribution in [2.45, 2.75) is 175 Å². The first kappa shape index (κ1) is 98.1. The zero-order chi connectivity index (χ0) is 53.2. The Labute approximate surface area is 488 Å². The van der Waals surface area contributed by atoms with E-state index in [-0.39, 0.29) is 166 Å². The molecule has 0 aromatic heterocycles. The third kappa shape index (κ3) is 192. The molecule has 18 nitrogen and oxygen atoms in total. The average Bonchev–Trinajstić information content (AvgIpc) is 2.94. The molecular weight excluding hydrogens is 1250 g/mol. The van der Waals surface area contributed by atoms with Crippen LogP contribution in [0.1, 0.15) is 125 Å². The normalized spacial score (nSPS) is 11.5. The molecular formula is C45H99La3O18. The van der Waals surface area contributed by atoms with Gasteiger partial charge in [0.1, 0.15) is 0 Å². The molecule has 66 heavy (non-hydrogen) atoms. The fourth-order valence-electron chi connectivity index (χ4n) is 3.13. The van der Waals surface area contributed by atoms with Gasteiger partial charge in [0.2, 0.25) is 0 Å². The molecule has 0 heterocycles. The Morgan fingerprint density at radius 3 is 0.227 bits per heavy atom. The summed E-state index contributed by atoms with van der Waals surface area (Å²) in [7, 11) is 13.7. The third-order valence-corrected chi connectivity index (χ3v) is 4.43. The largest absolute Gasteiger partial charge is 3.00 e. The second kappa shape index (κ2) is 54.1. The minimum absolute atomic E-state index is 0. The topological polar surface area (TPSA) is 291 Å². The average molecular weight is 1340 g/mol. The van der Waals surface area contributed by atoms with Crippen LogP contribution in [0, 0.1) is 107 Å². The first-order valence-electron chi connectivity index (χ1n) is 20.3. The van der Waals surface area contributed by atoms with E-state index in [1.54, 1.807) is 125 Å². The van der Waals surface area contributed by atoms with Crippen LogP contribution in [-0.4, -0.2) is 174 Å². The fraction of sp³-hybridized carbons (Fsp3) is 1.00. The molecule has 0 atom stereocenters. The van der Waals surface area contributed by atoms with Crippen molar-refractivity contribution in [3.8, 4) is 0 Å². The summed E-state index contributed by atoms with van der Waals surface area (Å²) in [5, 5.41) is 95.2. The van der Waals surface area contributed by atoms with Gasteiger partial charge in [0.15, 0.2) is 0 Å². The van der Waals surface area contributed by atoms with E-state index in [0.717, 1.165) is 0 Å². The number of ether oxygens (including phenoxy) is 9. The monoisotopic (exact) mass is 1340 g/mol. The Morgan fingerprint density at radius 1 is 0.182 bits per heavy atom. The molecule has 0 aromatic rings. The summed E-state index contributed by atoms with van der Waals surface area (Å²) in [5.74, 6) is 0. The molecule has 0 rings (SSSR count). The van der Waals surface area contributed by atoms with Gasteiger partial charge in [-0.15, -0.1) is 0 Å². The number of hydrogen-bond donors (Lipinski definition) is 0. The molecule has 0 saturated carbocycles. The van der Waals surface area contributed by atoms with Crippen LogP contribution in [0.25, 0.3) is 0 Å². The summed E-state index contributed by atoms with van der Waals surface area (Å²) in [5.41, 5.74) is -8.30. The van der Waals surface area contributed by atoms with Crippen LogP contribution in [0.5, 0.6) is 0 Å². The van der Waals surface area contributed by atoms with Gasteiger partial charge in [-0.05, 0) is 0 Å². The SMILES string of the molecule is COCC(C)(C)[O-].COCC(C)(C)[O-].COCC(C)(C)[O-].COCC(C)(C)[O-].COCC(C)(C)[O-].COCC(C)(C)[O-].COCC(C)(C)[O-].COCC(C)(C)[O-].COCC(C)(C)[O-].[La+3].[La+3].[La+3]. The molecule has 0 N–H and O–H groups in total. The Bertz CT molecular complexity index is 647. The molecule has 0 saturated heterocycles. The van der Waals surface area contributed by atoms with Crippen molar-refractivity contribution < 1.29 is 195 Å². The minimum atomic E-state index is -0.922. The molecule has 21 heteroatoms. The Kier molecular flexibility index (Phi) is 80.5. The van der Waals surface area contributed by atoms with Crippen LogP contribution in [0.15, 0.2) is 0 Å². The van der Waals surface area contributed by atoms with Crippen molar-refractivity contribution in [2.24, 2.45) is 0 Å². The van der Waals surface area contributed by atoms with Gasteiger partial charge in [0, 0.05) is 123 Å². The van der Waals surface area contributed by atoms with Gasteiger partial charge in [-0.3, -0.25) is 0 Å². The molecule has 0 aromatic carbocycles. The van der Waals surface area contributed by atoms with Crippen molar-refractivity contribution in [3.05, 3.63) is 0 Å². The van der Waals surface area contributed by atoms with E-state index in [1.807, 2.05) is 0 Å². The summed E-state index contributed by atoms with van der Waals surface area (Å²) in [4.78, 5) is 0. The predicted octanol–water partition coefficient (Wildman–Crippen LogP) is -2.05. The van der Waals surface area contributed by atoms with Crippen LogP contribution >= 0.6 is 0 Å². The van der Waals surface area contributed by atoms with Crippen LogP contribution in [0.4, 0.5) is 0 Å². The standard InChI is InChI=1S/9C5H11O2.3La/c9*1-5(2,6)4-7-3;;;/h9*4H2,1-3H3;;;/q9*-1;3*+3. The Hall–Kier alpha value is 2.86. The molecule has 0 amide bonds. The van der Waals surface area contributed by atoms with Gasteiger partial charge in [-0.2, -0.15) is 0 Å². The van der Waals surface area contributed by atoms with E-state index in [2.05, 4.69) is 42.6 Å². The molecule has 0 unspecified atom stereocenters. The van der Waals surface area contributed by atoms with E-state index in [0.29, 0.717) is 0 Å². The van der Waals surface area contributed by atoms with E-state index in [9.17, 15) is 46.0 Å². The number of rotatable bonds is 18. The van der Waals surface area contributed by atoms with Crippen molar-refractivity contribution >= 4 is 0 Å². The summed E-state index contributed by atoms with van der Waals surface area (Å²) < 4.78 is 41.3. The molecule has 0 bridgehead atoms. The van der Waals surface area contributed by atoms with Gasteiger partial charge in [-0.25, -0.2) is 0 Å². The van der Waals surface area contributed by atoms with Crippen LogP contribution in [0.2, 0.25) is 0 Å². The van der Waals surface area contributed by atoms with E-state index >= 15 is 0 Å². The number of methoxy groups -OCH3 is 9. The molecule has 0 fully saturated rings. The van der Waals surface area contributed by atoms with Gasteiger partial charge in [0.05, 0.1) is 0 Å². The van der Waals surface area contributed by atoms with Gasteiger partial charge in [0.25, 0.3) is 0 Å². The van der Waals surface area contributed by atoms with Crippen molar-refractivity contribution in [2.75, 3.05) is 123 Å². The smallest absolute Gasteiger partial charge is 0.848 e. The van der Waals surface area contributed by atoms with Crippen LogP contribution in [-0.2, 0) is 42.6 Å². The maximum Gasteiger partial charge on any atom is 3.00 e. The van der Waals surface area contributed by atoms with Gasteiger partial charge < -0.3 is 88.6 Å². The van der Waals surface area contributed by atoms with Crippen molar-refractivity contribution in [1.29, 1.82) is 0 Å². The molecule has 0 radical (unpaired) electrons. The maximum atomic E-state index is 10.6. The molecule has 0 aliphatic carbocycles. The summed E-state index contributed by atoms with van der Waals surface area (Å²) in [6, 6.07) is 0. The maximum absolute atomic E-state index is 10.6. The second-order valence-electron chi connectivity index (χ2n) is 19.7. The molecule has 0 aliphatic heterocycles. The Morgan fingerprint density at radius 2 is 0.227 bits per heavy atom. The van der Waals surface area contributed by atoms with Gasteiger partial charge in [-0.1, -0.05) is 175 Å². The van der Waals surface area contributed by atoms with Crippen molar-refractivity contribution in [1.82, 2.24) is 0 Å². The summed E-state index contributed by atoms with van der Waals surface area (Å²) in [6.07, 6.45) is 0. The zero-order valence-electron chi connectivity index (χ0n) is 46.9. The number of hydrogen-bond acceptors (Lipinski definition) is 18. The quantitative estimate of drug-likeness (QED) is 0.143. The third-order valence-electron chi connectivity index (χ3n) is 4.43. The van der Waals surface area contributed by atoms with E-state index in [4.69, 9.17) is 0 Å². The minimum Gasteiger partial charge on any atom is -0.848 e. The van der Waals surface area contributed by atoms with Crippen LogP contribution < -0.4 is 46.0 Å². The first-order valence-corrected chi connectivity index (χ1v) is 20.3.